The Hall–Kier alpha value is -1.81. The molecule has 1 atom stereocenters. The van der Waals surface area contributed by atoms with Crippen LogP contribution in [-0.2, 0) is 24.8 Å². The number of aryl methyl sites for hydroxylation is 2. The van der Waals surface area contributed by atoms with Crippen molar-refractivity contribution in [3.63, 3.8) is 0 Å². The van der Waals surface area contributed by atoms with Gasteiger partial charge < -0.3 is 20.1 Å². The minimum Gasteiger partial charge on any atom is -0.493 e. The number of benzene rings is 1. The van der Waals surface area contributed by atoms with E-state index in [1.807, 2.05) is 24.1 Å². The number of ether oxygens (including phenoxy) is 2. The Bertz CT molecular complexity index is 803. The fourth-order valence-electron chi connectivity index (χ4n) is 3.28. The van der Waals surface area contributed by atoms with Gasteiger partial charge in [0.2, 0.25) is 0 Å². The molecule has 1 saturated heterocycles. The zero-order valence-electron chi connectivity index (χ0n) is 18.2. The summed E-state index contributed by atoms with van der Waals surface area (Å²) in [6.45, 7) is 8.68. The lowest BCUT2D eigenvalue weighted by Crippen LogP contribution is -2.38. The molecule has 0 bridgehead atoms. The smallest absolute Gasteiger partial charge is 0.191 e. The normalized spacial score (nSPS) is 16.2. The molecule has 1 aromatic carbocycles. The summed E-state index contributed by atoms with van der Waals surface area (Å²) in [4.78, 5) is 4.76. The fraction of sp³-hybridized carbons (Fsp3) is 0.545. The number of hydrogen-bond acceptors (Lipinski definition) is 4. The number of aromatic nitrogens is 2. The van der Waals surface area contributed by atoms with E-state index in [0.717, 1.165) is 56.4 Å². The monoisotopic (exact) mass is 527 g/mol. The lowest BCUT2D eigenvalue weighted by Gasteiger charge is -2.15. The first-order chi connectivity index (χ1) is 14.1. The van der Waals surface area contributed by atoms with Crippen molar-refractivity contribution in [3.05, 3.63) is 47.3 Å². The van der Waals surface area contributed by atoms with Gasteiger partial charge >= 0.3 is 0 Å². The molecule has 30 heavy (non-hydrogen) atoms. The van der Waals surface area contributed by atoms with Gasteiger partial charge in [-0.25, -0.2) is 4.99 Å². The van der Waals surface area contributed by atoms with Crippen molar-refractivity contribution >= 4 is 29.9 Å². The molecular formula is C22H34IN5O2. The first kappa shape index (κ1) is 24.5. The van der Waals surface area contributed by atoms with Crippen LogP contribution in [0.2, 0.25) is 0 Å². The van der Waals surface area contributed by atoms with Crippen LogP contribution < -0.4 is 15.4 Å². The topological polar surface area (TPSA) is 72.7 Å². The van der Waals surface area contributed by atoms with Gasteiger partial charge in [-0.3, -0.25) is 4.68 Å². The van der Waals surface area contributed by atoms with Gasteiger partial charge in [-0.15, -0.1) is 24.0 Å². The van der Waals surface area contributed by atoms with Gasteiger partial charge in [0.15, 0.2) is 5.96 Å². The molecule has 2 heterocycles. The maximum Gasteiger partial charge on any atom is 0.191 e. The van der Waals surface area contributed by atoms with Crippen LogP contribution in [-0.4, -0.2) is 48.7 Å². The van der Waals surface area contributed by atoms with Crippen molar-refractivity contribution < 1.29 is 9.47 Å². The van der Waals surface area contributed by atoms with Crippen LogP contribution in [0.3, 0.4) is 0 Å². The lowest BCUT2D eigenvalue weighted by molar-refractivity contribution is 0.166. The maximum absolute atomic E-state index is 6.14. The number of halogens is 1. The second-order valence-corrected chi connectivity index (χ2v) is 7.55. The fourth-order valence-corrected chi connectivity index (χ4v) is 3.28. The molecule has 1 unspecified atom stereocenters. The summed E-state index contributed by atoms with van der Waals surface area (Å²) in [5.41, 5.74) is 3.50. The Balaban J connectivity index is 0.00000320. The summed E-state index contributed by atoms with van der Waals surface area (Å²) in [6, 6.07) is 6.32. The van der Waals surface area contributed by atoms with E-state index < -0.39 is 0 Å². The number of nitrogens with one attached hydrogen (secondary N) is 2. The van der Waals surface area contributed by atoms with Crippen molar-refractivity contribution in [2.45, 2.75) is 33.2 Å². The van der Waals surface area contributed by atoms with E-state index in [1.54, 1.807) is 0 Å². The molecule has 1 fully saturated rings. The molecule has 1 aliphatic heterocycles. The number of nitrogens with zero attached hydrogens (tertiary/aromatic N) is 3. The van der Waals surface area contributed by atoms with Crippen LogP contribution in [0.15, 0.2) is 35.6 Å². The van der Waals surface area contributed by atoms with E-state index in [2.05, 4.69) is 47.8 Å². The number of hydrogen-bond donors (Lipinski definition) is 2. The van der Waals surface area contributed by atoms with Crippen molar-refractivity contribution in [1.29, 1.82) is 0 Å². The number of rotatable bonds is 9. The lowest BCUT2D eigenvalue weighted by atomic mass is 10.1. The van der Waals surface area contributed by atoms with Crippen molar-refractivity contribution in [3.8, 4) is 5.75 Å². The van der Waals surface area contributed by atoms with Crippen molar-refractivity contribution in [2.75, 3.05) is 32.9 Å². The van der Waals surface area contributed by atoms with Crippen molar-refractivity contribution in [1.82, 2.24) is 20.4 Å². The largest absolute Gasteiger partial charge is 0.493 e. The molecular weight excluding hydrogens is 493 g/mol. The Morgan fingerprint density at radius 2 is 2.23 bits per heavy atom. The summed E-state index contributed by atoms with van der Waals surface area (Å²) < 4.78 is 13.4. The third-order valence-electron chi connectivity index (χ3n) is 4.94. The molecule has 0 aliphatic carbocycles. The molecule has 2 N–H and O–H groups in total. The molecule has 8 heteroatoms. The van der Waals surface area contributed by atoms with Gasteiger partial charge in [0, 0.05) is 44.4 Å². The Morgan fingerprint density at radius 3 is 2.93 bits per heavy atom. The van der Waals surface area contributed by atoms with Crippen LogP contribution in [0.25, 0.3) is 0 Å². The molecule has 0 spiro atoms. The van der Waals surface area contributed by atoms with Crippen LogP contribution >= 0.6 is 24.0 Å². The summed E-state index contributed by atoms with van der Waals surface area (Å²) in [6.07, 6.45) is 5.92. The maximum atomic E-state index is 6.14. The second kappa shape index (κ2) is 12.8. The highest BCUT2D eigenvalue weighted by Gasteiger charge is 2.17. The van der Waals surface area contributed by atoms with E-state index in [9.17, 15) is 0 Å². The van der Waals surface area contributed by atoms with Gasteiger partial charge in [0.05, 0.1) is 26.0 Å². The molecule has 1 aliphatic rings. The molecule has 166 valence electrons. The van der Waals surface area contributed by atoms with Crippen molar-refractivity contribution in [2.24, 2.45) is 18.0 Å². The minimum absolute atomic E-state index is 0. The van der Waals surface area contributed by atoms with Crippen LogP contribution in [0, 0.1) is 12.8 Å². The predicted molar refractivity (Wildman–Crippen MR) is 131 cm³/mol. The van der Waals surface area contributed by atoms with E-state index >= 15 is 0 Å². The summed E-state index contributed by atoms with van der Waals surface area (Å²) >= 11 is 0. The summed E-state index contributed by atoms with van der Waals surface area (Å²) in [5.74, 6) is 2.22. The first-order valence-electron chi connectivity index (χ1n) is 10.4. The van der Waals surface area contributed by atoms with Gasteiger partial charge in [0.1, 0.15) is 5.75 Å². The predicted octanol–water partition coefficient (Wildman–Crippen LogP) is 3.06. The third-order valence-corrected chi connectivity index (χ3v) is 4.94. The highest BCUT2D eigenvalue weighted by Crippen LogP contribution is 2.23. The highest BCUT2D eigenvalue weighted by molar-refractivity contribution is 14.0. The van der Waals surface area contributed by atoms with Gasteiger partial charge in [-0.05, 0) is 43.9 Å². The standard InChI is InChI=1S/C22H33N5O2.HI/c1-4-23-22(24-9-7-18-12-26-27(3)14-18)25-13-20-6-5-17(2)11-21(20)29-16-19-8-10-28-15-19;/h5-6,11-12,14,19H,4,7-10,13,15-16H2,1-3H3,(H2,23,24,25);1H. The minimum atomic E-state index is 0. The number of aliphatic imine (C=N–C) groups is 1. The molecule has 3 rings (SSSR count). The highest BCUT2D eigenvalue weighted by atomic mass is 127. The second-order valence-electron chi connectivity index (χ2n) is 7.55. The molecule has 1 aromatic heterocycles. The number of guanidine groups is 1. The zero-order chi connectivity index (χ0) is 20.5. The van der Waals surface area contributed by atoms with E-state index in [-0.39, 0.29) is 24.0 Å². The average molecular weight is 527 g/mol. The summed E-state index contributed by atoms with van der Waals surface area (Å²) in [5, 5.41) is 10.9. The third kappa shape index (κ3) is 7.79. The average Bonchev–Trinajstić information content (AvgIpc) is 3.37. The molecule has 7 nitrogen and oxygen atoms in total. The van der Waals surface area contributed by atoms with E-state index in [1.165, 1.54) is 11.1 Å². The SMILES string of the molecule is CCNC(=NCc1ccc(C)cc1OCC1CCOC1)NCCc1cnn(C)c1.I. The zero-order valence-corrected chi connectivity index (χ0v) is 20.5. The molecule has 2 aromatic rings. The molecule has 0 saturated carbocycles. The van der Waals surface area contributed by atoms with Crippen LogP contribution in [0.4, 0.5) is 0 Å². The van der Waals surface area contributed by atoms with Gasteiger partial charge in [0.25, 0.3) is 0 Å². The molecule has 0 radical (unpaired) electrons. The first-order valence-corrected chi connectivity index (χ1v) is 10.4. The Morgan fingerprint density at radius 1 is 1.37 bits per heavy atom. The van der Waals surface area contributed by atoms with Crippen LogP contribution in [0.1, 0.15) is 30.0 Å². The quantitative estimate of drug-likeness (QED) is 0.298. The van der Waals surface area contributed by atoms with E-state index in [0.29, 0.717) is 19.1 Å². The summed E-state index contributed by atoms with van der Waals surface area (Å²) in [7, 11) is 1.93. The van der Waals surface area contributed by atoms with Crippen LogP contribution in [0.5, 0.6) is 5.75 Å². The van der Waals surface area contributed by atoms with Gasteiger partial charge in [-0.2, -0.15) is 5.10 Å². The van der Waals surface area contributed by atoms with E-state index in [4.69, 9.17) is 14.5 Å². The van der Waals surface area contributed by atoms with Gasteiger partial charge in [-0.1, -0.05) is 12.1 Å². The molecule has 0 amide bonds. The Labute approximate surface area is 196 Å². The Kier molecular flexibility index (Phi) is 10.4.